The Morgan fingerprint density at radius 3 is 2.02 bits per heavy atom. The number of ether oxygens (including phenoxy) is 2. The Kier molecular flexibility index (Phi) is 15.0. The van der Waals surface area contributed by atoms with E-state index in [1.807, 2.05) is 6.08 Å². The molecular formula is C40H66O5. The summed E-state index contributed by atoms with van der Waals surface area (Å²) in [7, 11) is 0. The Bertz CT molecular complexity index is 970. The highest BCUT2D eigenvalue weighted by Gasteiger charge is 2.60. The standard InChI is InChI=1S/C40H66O5/c1-4-6-7-8-9-10-11-12-13-14-15-16-17-18-19-20-37(42)44-29-38(43)45-39-30(5-2)28-36-35-23-21-31-27-32(41)22-24-33(31)34(35)25-26-40(36,39)3/h27,30,33-36,39H,4-26,28-29H2,1-3H3/t30-,33-,34+,35+,36-,39-,40-/m0/s1. The van der Waals surface area contributed by atoms with Gasteiger partial charge in [0.05, 0.1) is 0 Å². The molecule has 0 aromatic heterocycles. The lowest BCUT2D eigenvalue weighted by Gasteiger charge is -2.53. The van der Waals surface area contributed by atoms with E-state index in [-0.39, 0.29) is 30.1 Å². The first-order chi connectivity index (χ1) is 21.9. The smallest absolute Gasteiger partial charge is 0.344 e. The third-order valence-corrected chi connectivity index (χ3v) is 12.5. The van der Waals surface area contributed by atoms with Gasteiger partial charge in [0, 0.05) is 18.3 Å². The third-order valence-electron chi connectivity index (χ3n) is 12.5. The summed E-state index contributed by atoms with van der Waals surface area (Å²) in [4.78, 5) is 37.4. The quantitative estimate of drug-likeness (QED) is 0.0993. The number of unbranched alkanes of at least 4 members (excludes halogenated alkanes) is 14. The molecule has 7 atom stereocenters. The van der Waals surface area contributed by atoms with Crippen molar-refractivity contribution in [1.29, 1.82) is 0 Å². The fourth-order valence-electron chi connectivity index (χ4n) is 9.95. The monoisotopic (exact) mass is 626 g/mol. The Hall–Kier alpha value is -1.65. The minimum atomic E-state index is -0.382. The van der Waals surface area contributed by atoms with E-state index < -0.39 is 0 Å². The van der Waals surface area contributed by atoms with Crippen molar-refractivity contribution in [3.8, 4) is 0 Å². The van der Waals surface area contributed by atoms with Crippen LogP contribution in [0.3, 0.4) is 0 Å². The number of hydrogen-bond acceptors (Lipinski definition) is 5. The van der Waals surface area contributed by atoms with Crippen molar-refractivity contribution in [2.24, 2.45) is 35.0 Å². The van der Waals surface area contributed by atoms with E-state index in [1.54, 1.807) is 0 Å². The highest BCUT2D eigenvalue weighted by atomic mass is 16.6. The van der Waals surface area contributed by atoms with E-state index in [1.165, 1.54) is 89.0 Å². The zero-order chi connectivity index (χ0) is 32.1. The summed E-state index contributed by atoms with van der Waals surface area (Å²) in [5, 5.41) is 0. The summed E-state index contributed by atoms with van der Waals surface area (Å²) in [6.07, 6.45) is 30.0. The van der Waals surface area contributed by atoms with Crippen LogP contribution in [0, 0.1) is 35.0 Å². The lowest BCUT2D eigenvalue weighted by Crippen LogP contribution is -2.49. The van der Waals surface area contributed by atoms with Gasteiger partial charge in [-0.25, -0.2) is 4.79 Å². The first-order valence-electron chi connectivity index (χ1n) is 19.5. The molecule has 0 spiro atoms. The van der Waals surface area contributed by atoms with Gasteiger partial charge in [-0.2, -0.15) is 0 Å². The topological polar surface area (TPSA) is 69.7 Å². The van der Waals surface area contributed by atoms with Crippen LogP contribution < -0.4 is 0 Å². The largest absolute Gasteiger partial charge is 0.459 e. The Labute approximate surface area is 275 Å². The predicted octanol–water partition coefficient (Wildman–Crippen LogP) is 10.5. The number of fused-ring (bicyclic) bond motifs is 5. The maximum atomic E-state index is 13.0. The van der Waals surface area contributed by atoms with Crippen LogP contribution in [0.15, 0.2) is 11.6 Å². The number of rotatable bonds is 20. The number of carbonyl (C=O) groups is 3. The molecule has 256 valence electrons. The fraction of sp³-hybridized carbons (Fsp3) is 0.875. The second-order valence-corrected chi connectivity index (χ2v) is 15.5. The first-order valence-corrected chi connectivity index (χ1v) is 19.5. The van der Waals surface area contributed by atoms with Crippen molar-refractivity contribution >= 4 is 17.7 Å². The summed E-state index contributed by atoms with van der Waals surface area (Å²) in [6.45, 7) is 6.59. The van der Waals surface area contributed by atoms with Crippen molar-refractivity contribution in [2.45, 2.75) is 181 Å². The second-order valence-electron chi connectivity index (χ2n) is 15.5. The Balaban J connectivity index is 1.07. The van der Waals surface area contributed by atoms with Gasteiger partial charge in [-0.05, 0) is 87.0 Å². The zero-order valence-electron chi connectivity index (χ0n) is 29.3. The molecule has 0 radical (unpaired) electrons. The number of esters is 2. The zero-order valence-corrected chi connectivity index (χ0v) is 29.3. The predicted molar refractivity (Wildman–Crippen MR) is 182 cm³/mol. The van der Waals surface area contributed by atoms with Crippen LogP contribution in [0.2, 0.25) is 0 Å². The summed E-state index contributed by atoms with van der Waals surface area (Å²) >= 11 is 0. The van der Waals surface area contributed by atoms with Gasteiger partial charge in [0.15, 0.2) is 12.4 Å². The Morgan fingerprint density at radius 1 is 0.778 bits per heavy atom. The van der Waals surface area contributed by atoms with Crippen LogP contribution in [0.5, 0.6) is 0 Å². The lowest BCUT2D eigenvalue weighted by atomic mass is 9.52. The molecule has 5 heteroatoms. The molecule has 0 saturated heterocycles. The molecule has 0 unspecified atom stereocenters. The van der Waals surface area contributed by atoms with Gasteiger partial charge >= 0.3 is 11.9 Å². The van der Waals surface area contributed by atoms with Gasteiger partial charge in [-0.1, -0.05) is 116 Å². The van der Waals surface area contributed by atoms with Gasteiger partial charge in [0.2, 0.25) is 0 Å². The van der Waals surface area contributed by atoms with E-state index >= 15 is 0 Å². The molecule has 5 nitrogen and oxygen atoms in total. The summed E-state index contributed by atoms with van der Waals surface area (Å²) in [5.74, 6) is 2.49. The molecule has 0 bridgehead atoms. The van der Waals surface area contributed by atoms with Crippen LogP contribution >= 0.6 is 0 Å². The van der Waals surface area contributed by atoms with Gasteiger partial charge in [-0.3, -0.25) is 9.59 Å². The molecule has 0 aliphatic heterocycles. The summed E-state index contributed by atoms with van der Waals surface area (Å²) in [5.41, 5.74) is 1.40. The van der Waals surface area contributed by atoms with Crippen LogP contribution in [-0.2, 0) is 23.9 Å². The van der Waals surface area contributed by atoms with E-state index in [9.17, 15) is 14.4 Å². The second kappa shape index (κ2) is 18.6. The Morgan fingerprint density at radius 2 is 1.40 bits per heavy atom. The van der Waals surface area contributed by atoms with Gasteiger partial charge in [-0.15, -0.1) is 0 Å². The molecule has 4 aliphatic carbocycles. The van der Waals surface area contributed by atoms with Gasteiger partial charge in [0.1, 0.15) is 6.10 Å². The third kappa shape index (κ3) is 10.2. The minimum Gasteiger partial charge on any atom is -0.459 e. The maximum Gasteiger partial charge on any atom is 0.344 e. The molecule has 0 aromatic carbocycles. The van der Waals surface area contributed by atoms with Crippen LogP contribution in [0.25, 0.3) is 0 Å². The average molecular weight is 627 g/mol. The van der Waals surface area contributed by atoms with Crippen molar-refractivity contribution in [3.63, 3.8) is 0 Å². The van der Waals surface area contributed by atoms with Crippen molar-refractivity contribution in [3.05, 3.63) is 11.6 Å². The average Bonchev–Trinajstić information content (AvgIpc) is 3.32. The van der Waals surface area contributed by atoms with E-state index in [2.05, 4.69) is 20.8 Å². The SMILES string of the molecule is CCCCCCCCCCCCCCCCCC(=O)OCC(=O)O[C@H]1[C@@H](CC)C[C@H]2[C@@H]3CCC4=CC(=O)CC[C@@H]4[C@H]3CC[C@@]21C. The van der Waals surface area contributed by atoms with Crippen molar-refractivity contribution in [1.82, 2.24) is 0 Å². The van der Waals surface area contributed by atoms with Crippen LogP contribution in [-0.4, -0.2) is 30.4 Å². The molecular weight excluding hydrogens is 560 g/mol. The molecule has 0 N–H and O–H groups in total. The van der Waals surface area contributed by atoms with Gasteiger partial charge < -0.3 is 9.47 Å². The minimum absolute atomic E-state index is 0.0128. The summed E-state index contributed by atoms with van der Waals surface area (Å²) in [6, 6.07) is 0. The van der Waals surface area contributed by atoms with Crippen molar-refractivity contribution in [2.75, 3.05) is 6.61 Å². The fourth-order valence-corrected chi connectivity index (χ4v) is 9.95. The molecule has 45 heavy (non-hydrogen) atoms. The summed E-state index contributed by atoms with van der Waals surface area (Å²) < 4.78 is 11.6. The molecule has 0 heterocycles. The highest BCUT2D eigenvalue weighted by Crippen LogP contribution is 2.64. The molecule has 4 rings (SSSR count). The van der Waals surface area contributed by atoms with E-state index in [0.717, 1.165) is 57.8 Å². The number of allylic oxidation sites excluding steroid dienone is 1. The van der Waals surface area contributed by atoms with Gasteiger partial charge in [0.25, 0.3) is 0 Å². The molecule has 3 fully saturated rings. The number of carbonyl (C=O) groups excluding carboxylic acids is 3. The highest BCUT2D eigenvalue weighted by molar-refractivity contribution is 5.91. The molecule has 0 aromatic rings. The van der Waals surface area contributed by atoms with Crippen LogP contribution in [0.4, 0.5) is 0 Å². The molecule has 0 amide bonds. The van der Waals surface area contributed by atoms with Crippen molar-refractivity contribution < 1.29 is 23.9 Å². The van der Waals surface area contributed by atoms with Crippen LogP contribution in [0.1, 0.15) is 175 Å². The number of hydrogen-bond donors (Lipinski definition) is 0. The van der Waals surface area contributed by atoms with E-state index in [4.69, 9.17) is 9.47 Å². The molecule has 3 saturated carbocycles. The van der Waals surface area contributed by atoms with E-state index in [0.29, 0.717) is 48.2 Å². The normalized spacial score (nSPS) is 30.6. The lowest BCUT2D eigenvalue weighted by molar-refractivity contribution is -0.171. The first kappa shape index (κ1) is 36.2. The maximum absolute atomic E-state index is 13.0. The molecule has 4 aliphatic rings. The number of ketones is 1.